The molecule has 0 amide bonds. The summed E-state index contributed by atoms with van der Waals surface area (Å²) in [6, 6.07) is 2.74. The van der Waals surface area contributed by atoms with Crippen molar-refractivity contribution in [2.24, 2.45) is 5.73 Å². The molecule has 1 aliphatic rings. The van der Waals surface area contributed by atoms with Crippen LogP contribution >= 0.6 is 11.8 Å². The molecule has 2 rings (SSSR count). The van der Waals surface area contributed by atoms with Crippen molar-refractivity contribution >= 4 is 17.6 Å². The molecule has 5 heteroatoms. The molecular weight excluding hydrogens is 232 g/mol. The lowest BCUT2D eigenvalue weighted by Crippen LogP contribution is -2.42. The van der Waals surface area contributed by atoms with Gasteiger partial charge >= 0.3 is 0 Å². The summed E-state index contributed by atoms with van der Waals surface area (Å²) in [6.07, 6.45) is 8.63. The standard InChI is InChI=1S/C12H20N4S/c1-17-12-8-11(14-9-15-12)16(7-3-6-13)10-4-2-5-10/h8-10H,2-7,13H2,1H3. The van der Waals surface area contributed by atoms with Gasteiger partial charge in [-0.15, -0.1) is 11.8 Å². The molecule has 1 aromatic heterocycles. The van der Waals surface area contributed by atoms with Crippen LogP contribution in [-0.2, 0) is 0 Å². The third-order valence-corrected chi connectivity index (χ3v) is 3.89. The monoisotopic (exact) mass is 252 g/mol. The van der Waals surface area contributed by atoms with E-state index in [1.54, 1.807) is 18.1 Å². The van der Waals surface area contributed by atoms with Gasteiger partial charge in [0.15, 0.2) is 0 Å². The van der Waals surface area contributed by atoms with Crippen LogP contribution in [0.4, 0.5) is 5.82 Å². The number of hydrogen-bond donors (Lipinski definition) is 1. The van der Waals surface area contributed by atoms with Crippen LogP contribution in [0.2, 0.25) is 0 Å². The Bertz CT molecular complexity index is 354. The van der Waals surface area contributed by atoms with Gasteiger partial charge in [0.25, 0.3) is 0 Å². The summed E-state index contributed by atoms with van der Waals surface area (Å²) in [4.78, 5) is 11.0. The molecule has 0 spiro atoms. The Morgan fingerprint density at radius 3 is 2.88 bits per heavy atom. The number of nitrogens with zero attached hydrogens (tertiary/aromatic N) is 3. The number of nitrogens with two attached hydrogens (primary N) is 1. The SMILES string of the molecule is CSc1cc(N(CCCN)C2CCC2)ncn1. The molecule has 1 aliphatic carbocycles. The number of thioether (sulfide) groups is 1. The van der Waals surface area contributed by atoms with Gasteiger partial charge in [-0.1, -0.05) is 0 Å². The maximum Gasteiger partial charge on any atom is 0.133 e. The first-order valence-electron chi connectivity index (χ1n) is 6.18. The quantitative estimate of drug-likeness (QED) is 0.619. The van der Waals surface area contributed by atoms with E-state index in [9.17, 15) is 0 Å². The van der Waals surface area contributed by atoms with Crippen molar-refractivity contribution in [3.63, 3.8) is 0 Å². The van der Waals surface area contributed by atoms with E-state index in [2.05, 4.69) is 20.9 Å². The minimum Gasteiger partial charge on any atom is -0.353 e. The fraction of sp³-hybridized carbons (Fsp3) is 0.667. The molecule has 1 aromatic rings. The first-order valence-corrected chi connectivity index (χ1v) is 7.40. The third-order valence-electron chi connectivity index (χ3n) is 3.25. The van der Waals surface area contributed by atoms with Gasteiger partial charge in [0, 0.05) is 18.7 Å². The summed E-state index contributed by atoms with van der Waals surface area (Å²) >= 11 is 1.66. The predicted octanol–water partition coefficient (Wildman–Crippen LogP) is 1.91. The molecule has 0 atom stereocenters. The van der Waals surface area contributed by atoms with Crippen molar-refractivity contribution in [3.05, 3.63) is 12.4 Å². The van der Waals surface area contributed by atoms with E-state index in [4.69, 9.17) is 5.73 Å². The van der Waals surface area contributed by atoms with Crippen molar-refractivity contribution < 1.29 is 0 Å². The average molecular weight is 252 g/mol. The summed E-state index contributed by atoms with van der Waals surface area (Å²) in [7, 11) is 0. The number of hydrogen-bond acceptors (Lipinski definition) is 5. The maximum absolute atomic E-state index is 5.61. The lowest BCUT2D eigenvalue weighted by Gasteiger charge is -2.38. The lowest BCUT2D eigenvalue weighted by molar-refractivity contribution is 0.382. The molecule has 0 saturated heterocycles. The Hall–Kier alpha value is -0.810. The number of anilines is 1. The maximum atomic E-state index is 5.61. The zero-order chi connectivity index (χ0) is 12.1. The number of aromatic nitrogens is 2. The molecule has 1 fully saturated rings. The van der Waals surface area contributed by atoms with Crippen LogP contribution in [0.25, 0.3) is 0 Å². The van der Waals surface area contributed by atoms with Gasteiger partial charge < -0.3 is 10.6 Å². The highest BCUT2D eigenvalue weighted by Gasteiger charge is 2.25. The largest absolute Gasteiger partial charge is 0.353 e. The molecule has 0 aromatic carbocycles. The Morgan fingerprint density at radius 2 is 2.29 bits per heavy atom. The van der Waals surface area contributed by atoms with Crippen LogP contribution in [0.5, 0.6) is 0 Å². The molecule has 4 nitrogen and oxygen atoms in total. The second-order valence-corrected chi connectivity index (χ2v) is 5.17. The fourth-order valence-electron chi connectivity index (χ4n) is 2.04. The highest BCUT2D eigenvalue weighted by molar-refractivity contribution is 7.98. The smallest absolute Gasteiger partial charge is 0.133 e. The van der Waals surface area contributed by atoms with Gasteiger partial charge in [0.1, 0.15) is 17.2 Å². The van der Waals surface area contributed by atoms with Gasteiger partial charge in [-0.3, -0.25) is 0 Å². The van der Waals surface area contributed by atoms with Crippen molar-refractivity contribution in [2.75, 3.05) is 24.2 Å². The van der Waals surface area contributed by atoms with E-state index in [1.807, 2.05) is 6.26 Å². The minimum absolute atomic E-state index is 0.658. The zero-order valence-electron chi connectivity index (χ0n) is 10.3. The second-order valence-electron chi connectivity index (χ2n) is 4.34. The van der Waals surface area contributed by atoms with Crippen molar-refractivity contribution in [1.82, 2.24) is 9.97 Å². The molecule has 0 radical (unpaired) electrons. The highest BCUT2D eigenvalue weighted by Crippen LogP contribution is 2.29. The minimum atomic E-state index is 0.658. The molecule has 0 bridgehead atoms. The van der Waals surface area contributed by atoms with Crippen LogP contribution in [0, 0.1) is 0 Å². The average Bonchev–Trinajstić information content (AvgIpc) is 2.32. The van der Waals surface area contributed by atoms with E-state index >= 15 is 0 Å². The number of rotatable bonds is 6. The zero-order valence-corrected chi connectivity index (χ0v) is 11.1. The van der Waals surface area contributed by atoms with E-state index in [0.29, 0.717) is 6.04 Å². The predicted molar refractivity (Wildman–Crippen MR) is 72.5 cm³/mol. The second kappa shape index (κ2) is 6.21. The van der Waals surface area contributed by atoms with E-state index < -0.39 is 0 Å². The van der Waals surface area contributed by atoms with Crippen LogP contribution in [0.1, 0.15) is 25.7 Å². The van der Waals surface area contributed by atoms with Crippen LogP contribution in [0.3, 0.4) is 0 Å². The summed E-state index contributed by atoms with van der Waals surface area (Å²) in [5.74, 6) is 1.06. The molecular formula is C12H20N4S. The Kier molecular flexibility index (Phi) is 4.62. The van der Waals surface area contributed by atoms with Crippen LogP contribution in [0.15, 0.2) is 17.4 Å². The summed E-state index contributed by atoms with van der Waals surface area (Å²) < 4.78 is 0. The Balaban J connectivity index is 2.11. The third kappa shape index (κ3) is 3.10. The Morgan fingerprint density at radius 1 is 1.47 bits per heavy atom. The first-order chi connectivity index (χ1) is 8.35. The van der Waals surface area contributed by atoms with Crippen molar-refractivity contribution in [2.45, 2.75) is 36.8 Å². The molecule has 1 saturated carbocycles. The van der Waals surface area contributed by atoms with Crippen molar-refractivity contribution in [1.29, 1.82) is 0 Å². The van der Waals surface area contributed by atoms with E-state index in [0.717, 1.165) is 30.4 Å². The van der Waals surface area contributed by atoms with E-state index in [-0.39, 0.29) is 0 Å². The highest BCUT2D eigenvalue weighted by atomic mass is 32.2. The summed E-state index contributed by atoms with van der Waals surface area (Å²) in [5, 5.41) is 1.03. The van der Waals surface area contributed by atoms with Crippen LogP contribution in [-0.4, -0.2) is 35.4 Å². The summed E-state index contributed by atoms with van der Waals surface area (Å²) in [6.45, 7) is 1.75. The fourth-order valence-corrected chi connectivity index (χ4v) is 2.42. The van der Waals surface area contributed by atoms with Gasteiger partial charge in [-0.2, -0.15) is 0 Å². The van der Waals surface area contributed by atoms with Gasteiger partial charge in [-0.05, 0) is 38.5 Å². The summed E-state index contributed by atoms with van der Waals surface area (Å²) in [5.41, 5.74) is 5.61. The molecule has 17 heavy (non-hydrogen) atoms. The van der Waals surface area contributed by atoms with Gasteiger partial charge in [-0.25, -0.2) is 9.97 Å². The van der Waals surface area contributed by atoms with E-state index in [1.165, 1.54) is 19.3 Å². The first kappa shape index (κ1) is 12.6. The van der Waals surface area contributed by atoms with Gasteiger partial charge in [0.05, 0.1) is 0 Å². The Labute approximate surface area is 107 Å². The van der Waals surface area contributed by atoms with Crippen LogP contribution < -0.4 is 10.6 Å². The molecule has 0 unspecified atom stereocenters. The normalized spacial score (nSPS) is 15.6. The lowest BCUT2D eigenvalue weighted by atomic mass is 9.91. The van der Waals surface area contributed by atoms with Gasteiger partial charge in [0.2, 0.25) is 0 Å². The van der Waals surface area contributed by atoms with Crippen molar-refractivity contribution in [3.8, 4) is 0 Å². The topological polar surface area (TPSA) is 55.0 Å². The molecule has 94 valence electrons. The molecule has 2 N–H and O–H groups in total. The molecule has 0 aliphatic heterocycles. The molecule has 1 heterocycles.